The van der Waals surface area contributed by atoms with Crippen LogP contribution in [-0.4, -0.2) is 41.5 Å². The summed E-state index contributed by atoms with van der Waals surface area (Å²) in [6, 6.07) is 6.55. The number of carbonyl (C=O) groups excluding carboxylic acids is 2. The van der Waals surface area contributed by atoms with E-state index >= 15 is 0 Å². The quantitative estimate of drug-likeness (QED) is 0.764. The summed E-state index contributed by atoms with van der Waals surface area (Å²) < 4.78 is 4.70. The van der Waals surface area contributed by atoms with Crippen LogP contribution in [0.5, 0.6) is 0 Å². The number of carbonyl (C=O) groups is 2. The minimum Gasteiger partial charge on any atom is -0.375 e. The van der Waals surface area contributed by atoms with E-state index in [2.05, 4.69) is 15.3 Å². The number of rotatable bonds is 6. The van der Waals surface area contributed by atoms with Gasteiger partial charge in [-0.2, -0.15) is 0 Å². The molecule has 0 unspecified atom stereocenters. The first kappa shape index (κ1) is 14.9. The van der Waals surface area contributed by atoms with Gasteiger partial charge in [0.15, 0.2) is 0 Å². The normalized spacial score (nSPS) is 12.0. The highest BCUT2D eigenvalue weighted by Gasteiger charge is 2.19. The van der Waals surface area contributed by atoms with E-state index < -0.39 is 17.9 Å². The van der Waals surface area contributed by atoms with Gasteiger partial charge in [0.25, 0.3) is 0 Å². The van der Waals surface area contributed by atoms with Gasteiger partial charge in [-0.25, -0.2) is 4.98 Å². The summed E-state index contributed by atoms with van der Waals surface area (Å²) in [6.45, 7) is -0.132. The number of nitrogens with zero attached hydrogens (tertiary/aromatic N) is 2. The number of hydrogen-bond donors (Lipinski definition) is 2. The van der Waals surface area contributed by atoms with Gasteiger partial charge in [-0.3, -0.25) is 14.6 Å². The van der Waals surface area contributed by atoms with E-state index in [0.717, 1.165) is 11.0 Å². The van der Waals surface area contributed by atoms with Crippen LogP contribution in [0, 0.1) is 0 Å². The van der Waals surface area contributed by atoms with Crippen molar-refractivity contribution in [3.05, 3.63) is 36.2 Å². The molecule has 0 bridgehead atoms. The molecule has 0 saturated heterocycles. The van der Waals surface area contributed by atoms with Crippen LogP contribution in [0.4, 0.5) is 0 Å². The molecule has 1 aromatic heterocycles. The van der Waals surface area contributed by atoms with Gasteiger partial charge in [-0.15, -0.1) is 0 Å². The summed E-state index contributed by atoms with van der Waals surface area (Å²) >= 11 is 0. The number of primary amides is 1. The second-order valence-corrected chi connectivity index (χ2v) is 4.51. The number of methoxy groups -OCH3 is 1. The predicted octanol–water partition coefficient (Wildman–Crippen LogP) is -0.211. The van der Waals surface area contributed by atoms with Crippen LogP contribution in [0.25, 0.3) is 11.0 Å². The first-order valence-corrected chi connectivity index (χ1v) is 6.38. The van der Waals surface area contributed by atoms with Gasteiger partial charge in [0.1, 0.15) is 12.6 Å². The summed E-state index contributed by atoms with van der Waals surface area (Å²) in [5, 5.41) is 2.51. The second kappa shape index (κ2) is 6.76. The van der Waals surface area contributed by atoms with Crippen molar-refractivity contribution >= 4 is 22.8 Å². The molecule has 7 nitrogen and oxygen atoms in total. The Morgan fingerprint density at radius 2 is 2.05 bits per heavy atom. The molecule has 0 aliphatic heterocycles. The Labute approximate surface area is 121 Å². The van der Waals surface area contributed by atoms with Gasteiger partial charge in [0.2, 0.25) is 11.8 Å². The fourth-order valence-electron chi connectivity index (χ4n) is 1.89. The third-order valence-corrected chi connectivity index (χ3v) is 2.87. The maximum absolute atomic E-state index is 11.5. The largest absolute Gasteiger partial charge is 0.375 e. The van der Waals surface area contributed by atoms with Crippen LogP contribution in [0.15, 0.2) is 30.5 Å². The lowest BCUT2D eigenvalue weighted by molar-refractivity contribution is -0.129. The third kappa shape index (κ3) is 3.96. The lowest BCUT2D eigenvalue weighted by Gasteiger charge is -2.14. The van der Waals surface area contributed by atoms with Crippen molar-refractivity contribution in [1.82, 2.24) is 15.3 Å². The van der Waals surface area contributed by atoms with Gasteiger partial charge in [-0.05, 0) is 12.1 Å². The summed E-state index contributed by atoms with van der Waals surface area (Å²) in [6.07, 6.45) is 1.75. The van der Waals surface area contributed by atoms with Crippen LogP contribution in [0.1, 0.15) is 5.69 Å². The smallest absolute Gasteiger partial charge is 0.246 e. The van der Waals surface area contributed by atoms with Crippen molar-refractivity contribution in [2.24, 2.45) is 5.73 Å². The number of fused-ring (bicyclic) bond motifs is 1. The molecule has 1 heterocycles. The van der Waals surface area contributed by atoms with Crippen LogP contribution in [0.3, 0.4) is 0 Å². The predicted molar refractivity (Wildman–Crippen MR) is 76.2 cm³/mol. The number of para-hydroxylation sites is 2. The zero-order valence-corrected chi connectivity index (χ0v) is 11.6. The molecule has 0 radical (unpaired) electrons. The Balaban J connectivity index is 2.14. The number of aromatic nitrogens is 2. The molecular weight excluding hydrogens is 272 g/mol. The molecule has 0 fully saturated rings. The molecule has 1 aromatic carbocycles. The van der Waals surface area contributed by atoms with E-state index in [1.807, 2.05) is 24.3 Å². The van der Waals surface area contributed by atoms with Gasteiger partial charge in [0.05, 0.1) is 16.7 Å². The van der Waals surface area contributed by atoms with Gasteiger partial charge in [0, 0.05) is 19.7 Å². The highest BCUT2D eigenvalue weighted by atomic mass is 16.5. The van der Waals surface area contributed by atoms with Crippen LogP contribution >= 0.6 is 0 Å². The maximum Gasteiger partial charge on any atom is 0.246 e. The highest BCUT2D eigenvalue weighted by molar-refractivity contribution is 5.87. The first-order chi connectivity index (χ1) is 10.1. The molecule has 7 heteroatoms. The molecule has 110 valence electrons. The van der Waals surface area contributed by atoms with Crippen molar-refractivity contribution in [3.8, 4) is 0 Å². The summed E-state index contributed by atoms with van der Waals surface area (Å²) in [7, 11) is 1.40. The van der Waals surface area contributed by atoms with Crippen molar-refractivity contribution in [1.29, 1.82) is 0 Å². The zero-order chi connectivity index (χ0) is 15.2. The molecule has 0 spiro atoms. The lowest BCUT2D eigenvalue weighted by Crippen LogP contribution is -2.47. The first-order valence-electron chi connectivity index (χ1n) is 6.38. The van der Waals surface area contributed by atoms with Crippen molar-refractivity contribution in [2.45, 2.75) is 12.5 Å². The molecular formula is C14H16N4O3. The third-order valence-electron chi connectivity index (χ3n) is 2.87. The number of nitrogens with one attached hydrogen (secondary N) is 1. The van der Waals surface area contributed by atoms with E-state index in [-0.39, 0.29) is 13.0 Å². The Bertz CT molecular complexity index is 659. The topological polar surface area (TPSA) is 107 Å². The summed E-state index contributed by atoms with van der Waals surface area (Å²) in [5.41, 5.74) is 7.37. The van der Waals surface area contributed by atoms with Gasteiger partial charge >= 0.3 is 0 Å². The van der Waals surface area contributed by atoms with E-state index in [4.69, 9.17) is 10.5 Å². The lowest BCUT2D eigenvalue weighted by atomic mass is 10.1. The Morgan fingerprint density at radius 3 is 2.71 bits per heavy atom. The molecule has 0 saturated carbocycles. The SMILES string of the molecule is COCC(=O)N[C@H](Cc1cnc2ccccc2n1)C(N)=O. The van der Waals surface area contributed by atoms with E-state index in [1.54, 1.807) is 6.20 Å². The van der Waals surface area contributed by atoms with E-state index in [9.17, 15) is 9.59 Å². The standard InChI is InChI=1S/C14H16N4O3/c1-21-8-13(19)18-12(14(15)20)6-9-7-16-10-4-2-3-5-11(10)17-9/h2-5,7,12H,6,8H2,1H3,(H2,15,20)(H,18,19)/t12-/m1/s1. The monoisotopic (exact) mass is 288 g/mol. The molecule has 2 rings (SSSR count). The zero-order valence-electron chi connectivity index (χ0n) is 11.6. The van der Waals surface area contributed by atoms with Crippen molar-refractivity contribution < 1.29 is 14.3 Å². The van der Waals surface area contributed by atoms with Gasteiger partial charge < -0.3 is 15.8 Å². The molecule has 1 atom stereocenters. The number of amides is 2. The average Bonchev–Trinajstić information content (AvgIpc) is 2.46. The van der Waals surface area contributed by atoms with Crippen LogP contribution < -0.4 is 11.1 Å². The Kier molecular flexibility index (Phi) is 4.78. The molecule has 0 aliphatic rings. The molecule has 3 N–H and O–H groups in total. The van der Waals surface area contributed by atoms with Crippen molar-refractivity contribution in [3.63, 3.8) is 0 Å². The Morgan fingerprint density at radius 1 is 1.33 bits per heavy atom. The second-order valence-electron chi connectivity index (χ2n) is 4.51. The average molecular weight is 288 g/mol. The number of nitrogens with two attached hydrogens (primary N) is 1. The summed E-state index contributed by atoms with van der Waals surface area (Å²) in [5.74, 6) is -1.04. The van der Waals surface area contributed by atoms with E-state index in [0.29, 0.717) is 5.69 Å². The molecule has 2 aromatic rings. The van der Waals surface area contributed by atoms with Gasteiger partial charge in [-0.1, -0.05) is 12.1 Å². The Hall–Kier alpha value is -2.54. The van der Waals surface area contributed by atoms with E-state index in [1.165, 1.54) is 7.11 Å². The molecule has 0 aliphatic carbocycles. The highest BCUT2D eigenvalue weighted by Crippen LogP contribution is 2.09. The fourth-order valence-corrected chi connectivity index (χ4v) is 1.89. The fraction of sp³-hybridized carbons (Fsp3) is 0.286. The minimum absolute atomic E-state index is 0.132. The number of ether oxygens (including phenoxy) is 1. The number of hydrogen-bond acceptors (Lipinski definition) is 5. The number of benzene rings is 1. The molecule has 21 heavy (non-hydrogen) atoms. The van der Waals surface area contributed by atoms with Crippen LogP contribution in [-0.2, 0) is 20.7 Å². The minimum atomic E-state index is -0.844. The van der Waals surface area contributed by atoms with Crippen molar-refractivity contribution in [2.75, 3.05) is 13.7 Å². The maximum atomic E-state index is 11.5. The summed E-state index contributed by atoms with van der Waals surface area (Å²) in [4.78, 5) is 31.6. The molecule has 2 amide bonds. The van der Waals surface area contributed by atoms with Crippen LogP contribution in [0.2, 0.25) is 0 Å².